The number of carboxylic acid groups (broad SMARTS) is 1. The van der Waals surface area contributed by atoms with Gasteiger partial charge in [0.15, 0.2) is 37.4 Å². The summed E-state index contributed by atoms with van der Waals surface area (Å²) in [6.07, 6.45) is -37.8. The number of hydrogen-bond acceptors (Lipinski definition) is 27. The molecule has 0 aromatic rings. The summed E-state index contributed by atoms with van der Waals surface area (Å²) < 4.78 is 61.7. The van der Waals surface area contributed by atoms with Crippen LogP contribution in [-0.2, 0) is 61.8 Å². The van der Waals surface area contributed by atoms with Crippen molar-refractivity contribution in [1.29, 1.82) is 0 Å². The van der Waals surface area contributed by atoms with Gasteiger partial charge in [-0.15, -0.1) is 0 Å². The summed E-state index contributed by atoms with van der Waals surface area (Å²) in [4.78, 5) is 40.9. The Morgan fingerprint density at radius 2 is 1.10 bits per heavy atom. The van der Waals surface area contributed by atoms with Gasteiger partial charge in [-0.25, -0.2) is 14.4 Å². The molecule has 4 aliphatic heterocycles. The first-order valence-electron chi connectivity index (χ1n) is 32.1. The smallest absolute Gasteiger partial charge is 0.335 e. The number of hydrogen-bond donors (Lipinski definition) is 15. The molecule has 32 atom stereocenters. The Hall–Kier alpha value is -3.25. The Morgan fingerprint density at radius 3 is 1.66 bits per heavy atom. The highest BCUT2D eigenvalue weighted by atomic mass is 16.8. The summed E-state index contributed by atoms with van der Waals surface area (Å²) in [5.74, 6) is -4.35. The first-order chi connectivity index (χ1) is 42.9. The standard InChI is InChI=1S/C64H100O28/c1-13-25(3)53(81)91-50-51(92-54(82)26(4)14-2)64(24-67)29(21-59(50,6)7)28-15-16-33-61(10)19-18-34(60(8,9)32(61)17-20-62(33,11)63(28,12)48(77)49(64)78)86-58-47(90-56-42(75)39(72)36(69)30(22-65)84-56)44(43(76)45(88-58)52(79)80)87-57-46(40(73)37(70)31(23-66)85-57)89-55-41(74)38(71)35(68)27(5)83-55/h13-15,27,29-51,55-58,65-78H,16-24H2,1-12H3,(H,79,80)/b25-13+,26-14+/t27-,29-,30+,31+,32-,33+,34-,35-,36-,37-,38+,39-,40-,41+,42+,43-,44-,45-,46+,47+,48-,49+,50-,51-,55-,56-,57-,58+,61-,62+,63-,64-/m0/s1. The molecule has 0 amide bonds. The van der Waals surface area contributed by atoms with E-state index in [2.05, 4.69) is 19.9 Å². The lowest BCUT2D eigenvalue weighted by Crippen LogP contribution is -2.76. The topological polar surface area (TPSA) is 447 Å². The lowest BCUT2D eigenvalue weighted by atomic mass is 9.32. The van der Waals surface area contributed by atoms with Gasteiger partial charge >= 0.3 is 17.9 Å². The fourth-order valence-corrected chi connectivity index (χ4v) is 17.8. The van der Waals surface area contributed by atoms with E-state index in [1.807, 2.05) is 34.6 Å². The van der Waals surface area contributed by atoms with E-state index >= 15 is 0 Å². The molecule has 9 aliphatic rings. The van der Waals surface area contributed by atoms with Crippen molar-refractivity contribution in [3.05, 3.63) is 34.9 Å². The van der Waals surface area contributed by atoms with E-state index in [1.165, 1.54) is 6.92 Å². The molecule has 0 aromatic heterocycles. The highest BCUT2D eigenvalue weighted by Gasteiger charge is 2.77. The van der Waals surface area contributed by atoms with Crippen molar-refractivity contribution in [2.75, 3.05) is 19.8 Å². The van der Waals surface area contributed by atoms with Crippen molar-refractivity contribution in [2.24, 2.45) is 50.2 Å². The maximum Gasteiger partial charge on any atom is 0.335 e. The largest absolute Gasteiger partial charge is 0.479 e. The van der Waals surface area contributed by atoms with Crippen LogP contribution in [-0.4, -0.2) is 268 Å². The second kappa shape index (κ2) is 26.9. The number of fused-ring (bicyclic) bond motifs is 7. The van der Waals surface area contributed by atoms with Crippen molar-refractivity contribution in [1.82, 2.24) is 0 Å². The number of ether oxygens (including phenoxy) is 10. The second-order valence-corrected chi connectivity index (χ2v) is 29.3. The molecule has 8 fully saturated rings. The minimum Gasteiger partial charge on any atom is -0.479 e. The van der Waals surface area contributed by atoms with Gasteiger partial charge in [-0.2, -0.15) is 0 Å². The number of carbonyl (C=O) groups excluding carboxylic acids is 2. The Bertz CT molecular complexity index is 2760. The van der Waals surface area contributed by atoms with Crippen LogP contribution < -0.4 is 0 Å². The normalized spacial score (nSPS) is 50.2. The molecule has 0 unspecified atom stereocenters. The third-order valence-electron chi connectivity index (χ3n) is 23.8. The zero-order chi connectivity index (χ0) is 68.2. The number of esters is 2. The monoisotopic (exact) mass is 1320 g/mol. The van der Waals surface area contributed by atoms with Gasteiger partial charge in [0.2, 0.25) is 0 Å². The number of rotatable bonds is 16. The lowest BCUT2D eigenvalue weighted by molar-refractivity contribution is -0.406. The van der Waals surface area contributed by atoms with Crippen molar-refractivity contribution in [3.8, 4) is 0 Å². The van der Waals surface area contributed by atoms with Gasteiger partial charge < -0.3 is 124 Å². The van der Waals surface area contributed by atoms with E-state index in [9.17, 15) is 91.0 Å². The van der Waals surface area contributed by atoms with Crippen LogP contribution in [0.4, 0.5) is 0 Å². The molecule has 15 N–H and O–H groups in total. The van der Waals surface area contributed by atoms with Crippen LogP contribution in [0.15, 0.2) is 34.9 Å². The molecule has 0 spiro atoms. The van der Waals surface area contributed by atoms with Crippen LogP contribution in [0.3, 0.4) is 0 Å². The summed E-state index contributed by atoms with van der Waals surface area (Å²) in [6, 6.07) is 0. The molecule has 92 heavy (non-hydrogen) atoms. The van der Waals surface area contributed by atoms with E-state index in [4.69, 9.17) is 47.4 Å². The summed E-state index contributed by atoms with van der Waals surface area (Å²) in [7, 11) is 0. The van der Waals surface area contributed by atoms with Gasteiger partial charge in [0.1, 0.15) is 91.6 Å². The average molecular weight is 1320 g/mol. The Kier molecular flexibility index (Phi) is 21.3. The molecule has 4 saturated carbocycles. The number of carboxylic acids is 1. The Labute approximate surface area is 534 Å². The van der Waals surface area contributed by atoms with Gasteiger partial charge in [0, 0.05) is 22.0 Å². The zero-order valence-corrected chi connectivity index (χ0v) is 54.3. The number of aliphatic hydroxyl groups is 14. The number of carbonyl (C=O) groups is 3. The minimum atomic E-state index is -2.31. The minimum absolute atomic E-state index is 0.220. The van der Waals surface area contributed by atoms with Gasteiger partial charge in [0.25, 0.3) is 0 Å². The second-order valence-electron chi connectivity index (χ2n) is 29.3. The summed E-state index contributed by atoms with van der Waals surface area (Å²) >= 11 is 0. The molecule has 4 heterocycles. The molecule has 4 saturated heterocycles. The van der Waals surface area contributed by atoms with Crippen molar-refractivity contribution >= 4 is 17.9 Å². The molecule has 0 aromatic carbocycles. The van der Waals surface area contributed by atoms with Crippen LogP contribution in [0, 0.1) is 50.2 Å². The van der Waals surface area contributed by atoms with E-state index in [0.717, 1.165) is 5.57 Å². The molecule has 0 radical (unpaired) electrons. The van der Waals surface area contributed by atoms with Crippen LogP contribution in [0.2, 0.25) is 0 Å². The highest BCUT2D eigenvalue weighted by molar-refractivity contribution is 5.89. The number of aliphatic carboxylic acids is 1. The molecule has 28 heteroatoms. The molecule has 5 aliphatic carbocycles. The Balaban J connectivity index is 1.07. The Morgan fingerprint density at radius 1 is 0.576 bits per heavy atom. The van der Waals surface area contributed by atoms with E-state index in [1.54, 1.807) is 39.8 Å². The van der Waals surface area contributed by atoms with Gasteiger partial charge in [-0.3, -0.25) is 0 Å². The highest BCUT2D eigenvalue weighted by Crippen LogP contribution is 2.76. The van der Waals surface area contributed by atoms with Crippen LogP contribution in [0.25, 0.3) is 0 Å². The molecule has 9 rings (SSSR count). The molecule has 524 valence electrons. The van der Waals surface area contributed by atoms with Crippen LogP contribution >= 0.6 is 0 Å². The zero-order valence-electron chi connectivity index (χ0n) is 54.3. The summed E-state index contributed by atoms with van der Waals surface area (Å²) in [6.45, 7) is 19.2. The van der Waals surface area contributed by atoms with E-state index < -0.39 is 229 Å². The lowest BCUT2D eigenvalue weighted by Gasteiger charge is -2.73. The molecule has 0 bridgehead atoms. The van der Waals surface area contributed by atoms with Crippen molar-refractivity contribution in [3.63, 3.8) is 0 Å². The molecular formula is C64H100O28. The van der Waals surface area contributed by atoms with Crippen molar-refractivity contribution in [2.45, 2.75) is 275 Å². The number of allylic oxidation sites excluding steroid dienone is 3. The third kappa shape index (κ3) is 11.8. The number of aliphatic hydroxyl groups excluding tert-OH is 14. The summed E-state index contributed by atoms with van der Waals surface area (Å²) in [5, 5.41) is 170. The fraction of sp³-hybridized carbons (Fsp3) is 0.859. The predicted octanol–water partition coefficient (Wildman–Crippen LogP) is -1.52. The van der Waals surface area contributed by atoms with E-state index in [0.29, 0.717) is 25.7 Å². The van der Waals surface area contributed by atoms with Crippen molar-refractivity contribution < 1.29 is 138 Å². The first kappa shape index (κ1) is 73.0. The van der Waals surface area contributed by atoms with Crippen LogP contribution in [0.1, 0.15) is 122 Å². The maximum absolute atomic E-state index is 13.9. The summed E-state index contributed by atoms with van der Waals surface area (Å²) in [5.41, 5.74) is -4.87. The third-order valence-corrected chi connectivity index (χ3v) is 23.8. The SMILES string of the molecule is C/C=C(\C)C(=O)O[C@H]1[C@H](OC(=O)/C(C)=C/C)[C@]2(CO)[C@H](O)[C@H](O)[C@]3(C)C(=CC[C@@H]4[C@@]5(C)CC[C@H](O[C@@H]6O[C@H](C(=O)O)[C@@H](O)[C@H](O[C@@H]7O[C@H](CO)[C@H](O)[C@H](O)[C@H]7O[C@@H]7O[C@@H](C)[C@H](O)[C@@H](O)[C@H]7O)[C@H]6O[C@@H]6O[C@H](CO)[C@H](O)[C@H](O)[C@H]6O)C(C)(C)[C@@H]5CC[C@]43C)[C@@H]2CC1(C)C. The van der Waals surface area contributed by atoms with Crippen LogP contribution in [0.5, 0.6) is 0 Å². The van der Waals surface area contributed by atoms with Gasteiger partial charge in [-0.05, 0) is 107 Å². The van der Waals surface area contributed by atoms with Gasteiger partial charge in [0.05, 0.1) is 49.7 Å². The fourth-order valence-electron chi connectivity index (χ4n) is 17.8. The molecular weight excluding hydrogens is 1220 g/mol. The maximum atomic E-state index is 13.9. The average Bonchev–Trinajstić information content (AvgIpc) is 0.663. The molecule has 28 nitrogen and oxygen atoms in total. The predicted molar refractivity (Wildman–Crippen MR) is 314 cm³/mol. The first-order valence-corrected chi connectivity index (χ1v) is 32.1. The van der Waals surface area contributed by atoms with E-state index in [-0.39, 0.29) is 35.8 Å². The quantitative estimate of drug-likeness (QED) is 0.0361. The van der Waals surface area contributed by atoms with Gasteiger partial charge in [-0.1, -0.05) is 72.3 Å².